The number of carbonyl (C=O) groups is 1. The molecule has 2 rings (SSSR count). The van der Waals surface area contributed by atoms with Crippen LogP contribution in [-0.2, 0) is 0 Å². The second-order valence-corrected chi connectivity index (χ2v) is 3.93. The lowest BCUT2D eigenvalue weighted by atomic mass is 10.1. The summed E-state index contributed by atoms with van der Waals surface area (Å²) in [6.45, 7) is 0. The predicted molar refractivity (Wildman–Crippen MR) is 70.0 cm³/mol. The van der Waals surface area contributed by atoms with Crippen molar-refractivity contribution in [2.45, 2.75) is 0 Å². The Morgan fingerprint density at radius 3 is 2.44 bits per heavy atom. The molecule has 18 heavy (non-hydrogen) atoms. The van der Waals surface area contributed by atoms with Crippen LogP contribution in [0.25, 0.3) is 0 Å². The zero-order valence-electron chi connectivity index (χ0n) is 9.93. The Labute approximate surface area is 105 Å². The van der Waals surface area contributed by atoms with Crippen LogP contribution in [0.4, 0.5) is 15.8 Å². The van der Waals surface area contributed by atoms with Gasteiger partial charge in [0.15, 0.2) is 0 Å². The van der Waals surface area contributed by atoms with Gasteiger partial charge in [0.1, 0.15) is 5.82 Å². The molecular weight excluding hydrogens is 231 g/mol. The van der Waals surface area contributed by atoms with Crippen molar-refractivity contribution in [2.75, 3.05) is 17.7 Å². The van der Waals surface area contributed by atoms with Crippen LogP contribution in [0, 0.1) is 5.82 Å². The van der Waals surface area contributed by atoms with E-state index in [4.69, 9.17) is 5.73 Å². The molecule has 0 unspecified atom stereocenters. The number of para-hydroxylation sites is 1. The van der Waals surface area contributed by atoms with Crippen LogP contribution in [-0.4, -0.2) is 13.0 Å². The van der Waals surface area contributed by atoms with Crippen LogP contribution in [0.3, 0.4) is 0 Å². The summed E-state index contributed by atoms with van der Waals surface area (Å²) in [7, 11) is 1.65. The van der Waals surface area contributed by atoms with Crippen molar-refractivity contribution in [3.63, 3.8) is 0 Å². The summed E-state index contributed by atoms with van der Waals surface area (Å²) in [5.41, 5.74) is 6.84. The predicted octanol–water partition coefficient (Wildman–Crippen LogP) is 2.68. The highest BCUT2D eigenvalue weighted by Crippen LogP contribution is 2.19. The van der Waals surface area contributed by atoms with E-state index in [-0.39, 0.29) is 11.6 Å². The average Bonchev–Trinajstić information content (AvgIpc) is 2.38. The van der Waals surface area contributed by atoms with Crippen LogP contribution in [0.2, 0.25) is 0 Å². The molecular formula is C14H13FN2O. The number of rotatable bonds is 2. The van der Waals surface area contributed by atoms with Crippen LogP contribution in [0.1, 0.15) is 10.4 Å². The van der Waals surface area contributed by atoms with E-state index >= 15 is 0 Å². The first kappa shape index (κ1) is 12.1. The number of nitrogen functional groups attached to an aromatic ring is 1. The fraction of sp³-hybridized carbons (Fsp3) is 0.0714. The SMILES string of the molecule is CN(C(=O)c1ccc(F)cc1N)c1ccccc1. The summed E-state index contributed by atoms with van der Waals surface area (Å²) in [5.74, 6) is -0.717. The van der Waals surface area contributed by atoms with E-state index < -0.39 is 5.82 Å². The van der Waals surface area contributed by atoms with Gasteiger partial charge in [-0.25, -0.2) is 4.39 Å². The number of nitrogens with zero attached hydrogens (tertiary/aromatic N) is 1. The van der Waals surface area contributed by atoms with Crippen molar-refractivity contribution in [3.8, 4) is 0 Å². The minimum Gasteiger partial charge on any atom is -0.398 e. The van der Waals surface area contributed by atoms with Crippen molar-refractivity contribution >= 4 is 17.3 Å². The lowest BCUT2D eigenvalue weighted by molar-refractivity contribution is 0.0994. The Kier molecular flexibility index (Phi) is 3.28. The molecule has 0 saturated heterocycles. The van der Waals surface area contributed by atoms with E-state index in [0.717, 1.165) is 11.8 Å². The molecule has 0 aromatic heterocycles. The largest absolute Gasteiger partial charge is 0.398 e. The van der Waals surface area contributed by atoms with Gasteiger partial charge in [0, 0.05) is 18.4 Å². The van der Waals surface area contributed by atoms with Crippen molar-refractivity contribution in [3.05, 3.63) is 59.9 Å². The summed E-state index contributed by atoms with van der Waals surface area (Å²) < 4.78 is 12.9. The molecule has 3 nitrogen and oxygen atoms in total. The van der Waals surface area contributed by atoms with Crippen molar-refractivity contribution in [1.82, 2.24) is 0 Å². The molecule has 0 saturated carbocycles. The number of hydrogen-bond donors (Lipinski definition) is 1. The molecule has 2 N–H and O–H groups in total. The zero-order valence-corrected chi connectivity index (χ0v) is 9.93. The van der Waals surface area contributed by atoms with E-state index in [1.54, 1.807) is 7.05 Å². The molecule has 2 aromatic rings. The number of hydrogen-bond acceptors (Lipinski definition) is 2. The number of anilines is 2. The highest BCUT2D eigenvalue weighted by molar-refractivity contribution is 6.08. The van der Waals surface area contributed by atoms with E-state index in [2.05, 4.69) is 0 Å². The standard InChI is InChI=1S/C14H13FN2O/c1-17(11-5-3-2-4-6-11)14(18)12-8-7-10(15)9-13(12)16/h2-9H,16H2,1H3. The quantitative estimate of drug-likeness (QED) is 0.825. The van der Waals surface area contributed by atoms with Gasteiger partial charge in [0.25, 0.3) is 5.91 Å². The Balaban J connectivity index is 2.32. The molecule has 0 fully saturated rings. The van der Waals surface area contributed by atoms with Gasteiger partial charge >= 0.3 is 0 Å². The molecule has 0 bridgehead atoms. The molecule has 0 atom stereocenters. The maximum Gasteiger partial charge on any atom is 0.260 e. The summed E-state index contributed by atoms with van der Waals surface area (Å²) in [6.07, 6.45) is 0. The third-order valence-corrected chi connectivity index (χ3v) is 2.69. The minimum absolute atomic E-state index is 0.141. The molecule has 0 aliphatic heterocycles. The zero-order chi connectivity index (χ0) is 13.1. The van der Waals surface area contributed by atoms with E-state index in [0.29, 0.717) is 5.56 Å². The topological polar surface area (TPSA) is 46.3 Å². The monoisotopic (exact) mass is 244 g/mol. The maximum absolute atomic E-state index is 12.9. The molecule has 1 amide bonds. The molecule has 0 heterocycles. The normalized spacial score (nSPS) is 10.1. The second-order valence-electron chi connectivity index (χ2n) is 3.93. The van der Waals surface area contributed by atoms with Crippen LogP contribution < -0.4 is 10.6 Å². The molecule has 0 radical (unpaired) electrons. The number of benzene rings is 2. The fourth-order valence-electron chi connectivity index (χ4n) is 1.68. The molecule has 0 spiro atoms. The van der Waals surface area contributed by atoms with Gasteiger partial charge in [-0.3, -0.25) is 4.79 Å². The van der Waals surface area contributed by atoms with Gasteiger partial charge in [-0.05, 0) is 30.3 Å². The van der Waals surface area contributed by atoms with Crippen LogP contribution in [0.15, 0.2) is 48.5 Å². The van der Waals surface area contributed by atoms with Crippen molar-refractivity contribution < 1.29 is 9.18 Å². The van der Waals surface area contributed by atoms with Crippen LogP contribution >= 0.6 is 0 Å². The minimum atomic E-state index is -0.452. The maximum atomic E-state index is 12.9. The van der Waals surface area contributed by atoms with Crippen molar-refractivity contribution in [1.29, 1.82) is 0 Å². The Morgan fingerprint density at radius 2 is 1.83 bits per heavy atom. The number of amides is 1. The molecule has 4 heteroatoms. The van der Waals surface area contributed by atoms with Gasteiger partial charge in [0.2, 0.25) is 0 Å². The van der Waals surface area contributed by atoms with E-state index in [9.17, 15) is 9.18 Å². The third kappa shape index (κ3) is 2.32. The summed E-state index contributed by atoms with van der Waals surface area (Å²) >= 11 is 0. The van der Waals surface area contributed by atoms with Crippen LogP contribution in [0.5, 0.6) is 0 Å². The lowest BCUT2D eigenvalue weighted by Crippen LogP contribution is -2.27. The Hall–Kier alpha value is -2.36. The lowest BCUT2D eigenvalue weighted by Gasteiger charge is -2.18. The van der Waals surface area contributed by atoms with E-state index in [1.807, 2.05) is 30.3 Å². The summed E-state index contributed by atoms with van der Waals surface area (Å²) in [6, 6.07) is 12.9. The third-order valence-electron chi connectivity index (χ3n) is 2.69. The average molecular weight is 244 g/mol. The van der Waals surface area contributed by atoms with Crippen molar-refractivity contribution in [2.24, 2.45) is 0 Å². The summed E-state index contributed by atoms with van der Waals surface area (Å²) in [5, 5.41) is 0. The first-order chi connectivity index (χ1) is 8.59. The number of nitrogens with two attached hydrogens (primary N) is 1. The first-order valence-electron chi connectivity index (χ1n) is 5.47. The fourth-order valence-corrected chi connectivity index (χ4v) is 1.68. The number of halogens is 1. The van der Waals surface area contributed by atoms with Gasteiger partial charge in [-0.1, -0.05) is 18.2 Å². The molecule has 2 aromatic carbocycles. The van der Waals surface area contributed by atoms with E-state index in [1.165, 1.54) is 17.0 Å². The van der Waals surface area contributed by atoms with Gasteiger partial charge in [0.05, 0.1) is 5.56 Å². The molecule has 0 aliphatic rings. The van der Waals surface area contributed by atoms with Gasteiger partial charge in [-0.15, -0.1) is 0 Å². The smallest absolute Gasteiger partial charge is 0.260 e. The Bertz CT molecular complexity index is 569. The first-order valence-corrected chi connectivity index (χ1v) is 5.47. The Morgan fingerprint density at radius 1 is 1.17 bits per heavy atom. The number of carbonyl (C=O) groups excluding carboxylic acids is 1. The van der Waals surface area contributed by atoms with Gasteiger partial charge < -0.3 is 10.6 Å². The second kappa shape index (κ2) is 4.87. The highest BCUT2D eigenvalue weighted by Gasteiger charge is 2.16. The van der Waals surface area contributed by atoms with Gasteiger partial charge in [-0.2, -0.15) is 0 Å². The molecule has 92 valence electrons. The highest BCUT2D eigenvalue weighted by atomic mass is 19.1. The molecule has 0 aliphatic carbocycles. The summed E-state index contributed by atoms with van der Waals surface area (Å²) in [4.78, 5) is 13.7.